The van der Waals surface area contributed by atoms with E-state index in [0.29, 0.717) is 5.69 Å². The van der Waals surface area contributed by atoms with E-state index in [9.17, 15) is 13.2 Å². The molecule has 0 amide bonds. The van der Waals surface area contributed by atoms with E-state index in [2.05, 4.69) is 21.0 Å². The van der Waals surface area contributed by atoms with E-state index in [1.165, 1.54) is 4.68 Å². The first kappa shape index (κ1) is 12.4. The van der Waals surface area contributed by atoms with Crippen LogP contribution in [0.1, 0.15) is 5.69 Å². The molecule has 0 aliphatic carbocycles. The highest BCUT2D eigenvalue weighted by atomic mass is 79.9. The van der Waals surface area contributed by atoms with Gasteiger partial charge in [0.25, 0.3) is 0 Å². The monoisotopic (exact) mass is 322 g/mol. The van der Waals surface area contributed by atoms with Crippen molar-refractivity contribution < 1.29 is 13.2 Å². The van der Waals surface area contributed by atoms with Gasteiger partial charge in [-0.3, -0.25) is 5.10 Å². The van der Waals surface area contributed by atoms with Crippen molar-refractivity contribution >= 4 is 28.1 Å². The number of H-pyrrole nitrogens is 1. The third kappa shape index (κ3) is 2.61. The average molecular weight is 323 g/mol. The number of aromatic nitrogens is 2. The maximum atomic E-state index is 12.5. The summed E-state index contributed by atoms with van der Waals surface area (Å²) in [5, 5.41) is 2.23. The summed E-state index contributed by atoms with van der Waals surface area (Å²) in [6, 6.07) is 7.73. The number of aromatic amines is 1. The number of benzene rings is 1. The van der Waals surface area contributed by atoms with Crippen molar-refractivity contribution in [2.75, 3.05) is 0 Å². The summed E-state index contributed by atoms with van der Waals surface area (Å²) in [6.07, 6.45) is -4.43. The maximum Gasteiger partial charge on any atom is 0.432 e. The minimum absolute atomic E-state index is 0.0791. The molecule has 7 heteroatoms. The van der Waals surface area contributed by atoms with Crippen molar-refractivity contribution in [1.82, 2.24) is 9.78 Å². The highest BCUT2D eigenvalue weighted by Gasteiger charge is 2.33. The smallest absolute Gasteiger partial charge is 0.288 e. The Morgan fingerprint density at radius 1 is 1.24 bits per heavy atom. The molecular formula is C10H6BrF3N2S. The summed E-state index contributed by atoms with van der Waals surface area (Å²) in [7, 11) is 0. The second-order valence-electron chi connectivity index (χ2n) is 3.32. The van der Waals surface area contributed by atoms with Crippen LogP contribution in [0.2, 0.25) is 0 Å². The molecule has 0 fully saturated rings. The fourth-order valence-corrected chi connectivity index (χ4v) is 2.00. The Balaban J connectivity index is 2.54. The van der Waals surface area contributed by atoms with Crippen LogP contribution in [-0.2, 0) is 6.18 Å². The maximum absolute atomic E-state index is 12.5. The number of nitrogens with one attached hydrogen (secondary N) is 1. The second-order valence-corrected chi connectivity index (χ2v) is 4.66. The number of alkyl halides is 3. The van der Waals surface area contributed by atoms with Crippen LogP contribution in [0.15, 0.2) is 34.8 Å². The van der Waals surface area contributed by atoms with Crippen molar-refractivity contribution in [3.8, 4) is 5.69 Å². The molecule has 0 spiro atoms. The lowest BCUT2D eigenvalue weighted by molar-refractivity contribution is -0.141. The van der Waals surface area contributed by atoms with Gasteiger partial charge in [0.15, 0.2) is 0 Å². The van der Waals surface area contributed by atoms with Crippen LogP contribution in [0.25, 0.3) is 5.69 Å². The quantitative estimate of drug-likeness (QED) is 0.775. The minimum atomic E-state index is -4.43. The standard InChI is InChI=1S/C10H6BrF3N2S/c11-6-2-1-3-7(4-6)16-9(17)5-8(15-16)10(12,13)14/h1-5,15H. The summed E-state index contributed by atoms with van der Waals surface area (Å²) < 4.78 is 39.5. The zero-order valence-corrected chi connectivity index (χ0v) is 10.7. The Hall–Kier alpha value is -1.08. The largest absolute Gasteiger partial charge is 0.432 e. The van der Waals surface area contributed by atoms with Gasteiger partial charge in [0.05, 0.1) is 5.69 Å². The van der Waals surface area contributed by atoms with Crippen LogP contribution < -0.4 is 0 Å². The van der Waals surface area contributed by atoms with Gasteiger partial charge in [-0.15, -0.1) is 0 Å². The molecule has 0 saturated carbocycles. The van der Waals surface area contributed by atoms with Gasteiger partial charge in [-0.1, -0.05) is 34.2 Å². The molecule has 0 aliphatic rings. The molecule has 0 radical (unpaired) electrons. The third-order valence-electron chi connectivity index (χ3n) is 2.09. The summed E-state index contributed by atoms with van der Waals surface area (Å²) in [5.74, 6) is 0. The van der Waals surface area contributed by atoms with Crippen molar-refractivity contribution in [2.24, 2.45) is 0 Å². The van der Waals surface area contributed by atoms with Crippen LogP contribution in [0.3, 0.4) is 0 Å². The molecule has 1 heterocycles. The predicted molar refractivity (Wildman–Crippen MR) is 63.7 cm³/mol. The van der Waals surface area contributed by atoms with Gasteiger partial charge in [-0.2, -0.15) is 13.2 Å². The lowest BCUT2D eigenvalue weighted by atomic mass is 10.3. The molecule has 2 rings (SSSR count). The molecule has 0 saturated heterocycles. The average Bonchev–Trinajstić information content (AvgIpc) is 2.60. The minimum Gasteiger partial charge on any atom is -0.288 e. The van der Waals surface area contributed by atoms with Gasteiger partial charge >= 0.3 is 6.18 Å². The van der Waals surface area contributed by atoms with Crippen LogP contribution >= 0.6 is 28.1 Å². The molecule has 2 nitrogen and oxygen atoms in total. The van der Waals surface area contributed by atoms with Gasteiger partial charge in [0.2, 0.25) is 0 Å². The number of hydrogen-bond donors (Lipinski definition) is 1. The Labute approximate surface area is 108 Å². The van der Waals surface area contributed by atoms with Gasteiger partial charge in [-0.25, -0.2) is 4.68 Å². The Bertz CT molecular complexity index is 600. The summed E-state index contributed by atoms with van der Waals surface area (Å²) in [5.41, 5.74) is -0.317. The van der Waals surface area contributed by atoms with E-state index in [1.54, 1.807) is 24.3 Å². The summed E-state index contributed by atoms with van der Waals surface area (Å²) in [4.78, 5) is 0. The van der Waals surface area contributed by atoms with E-state index in [0.717, 1.165) is 10.5 Å². The Kier molecular flexibility index (Phi) is 3.13. The van der Waals surface area contributed by atoms with Gasteiger partial charge in [0, 0.05) is 10.5 Å². The van der Waals surface area contributed by atoms with Crippen molar-refractivity contribution in [3.63, 3.8) is 0 Å². The molecule has 2 aromatic rings. The lowest BCUT2D eigenvalue weighted by Gasteiger charge is -2.05. The fraction of sp³-hybridized carbons (Fsp3) is 0.100. The Morgan fingerprint density at radius 3 is 2.47 bits per heavy atom. The van der Waals surface area contributed by atoms with Crippen LogP contribution in [0.5, 0.6) is 0 Å². The Morgan fingerprint density at radius 2 is 1.94 bits per heavy atom. The van der Waals surface area contributed by atoms with E-state index in [1.807, 2.05) is 0 Å². The molecule has 0 unspecified atom stereocenters. The van der Waals surface area contributed by atoms with E-state index < -0.39 is 11.9 Å². The molecule has 0 bridgehead atoms. The number of hydrogen-bond acceptors (Lipinski definition) is 1. The molecule has 0 atom stereocenters. The molecule has 1 aromatic heterocycles. The normalized spacial score (nSPS) is 11.8. The van der Waals surface area contributed by atoms with Crippen molar-refractivity contribution in [3.05, 3.63) is 45.1 Å². The zero-order chi connectivity index (χ0) is 12.6. The van der Waals surface area contributed by atoms with Gasteiger partial charge in [-0.05, 0) is 18.2 Å². The summed E-state index contributed by atoms with van der Waals surface area (Å²) in [6.45, 7) is 0. The molecule has 1 N–H and O–H groups in total. The first-order valence-electron chi connectivity index (χ1n) is 4.53. The number of nitrogens with zero attached hydrogens (tertiary/aromatic N) is 1. The van der Waals surface area contributed by atoms with Crippen molar-refractivity contribution in [2.45, 2.75) is 6.18 Å². The highest BCUT2D eigenvalue weighted by Crippen LogP contribution is 2.28. The molecule has 90 valence electrons. The van der Waals surface area contributed by atoms with E-state index in [-0.39, 0.29) is 4.64 Å². The van der Waals surface area contributed by atoms with E-state index >= 15 is 0 Å². The number of halogens is 4. The van der Waals surface area contributed by atoms with Crippen LogP contribution in [0.4, 0.5) is 13.2 Å². The summed E-state index contributed by atoms with van der Waals surface area (Å²) >= 11 is 8.13. The predicted octanol–water partition coefficient (Wildman–Crippen LogP) is 4.32. The topological polar surface area (TPSA) is 20.7 Å². The van der Waals surface area contributed by atoms with Crippen molar-refractivity contribution in [1.29, 1.82) is 0 Å². The first-order chi connectivity index (χ1) is 7.88. The zero-order valence-electron chi connectivity index (χ0n) is 8.25. The first-order valence-corrected chi connectivity index (χ1v) is 5.73. The molecular weight excluding hydrogens is 317 g/mol. The van der Waals surface area contributed by atoms with E-state index in [4.69, 9.17) is 12.2 Å². The molecule has 1 aromatic carbocycles. The van der Waals surface area contributed by atoms with Crippen LogP contribution in [0, 0.1) is 4.64 Å². The fourth-order valence-electron chi connectivity index (χ4n) is 1.35. The van der Waals surface area contributed by atoms with Gasteiger partial charge in [0.1, 0.15) is 10.3 Å². The molecule has 17 heavy (non-hydrogen) atoms. The SMILES string of the molecule is FC(F)(F)c1cc(=S)n(-c2cccc(Br)c2)[nH]1. The highest BCUT2D eigenvalue weighted by molar-refractivity contribution is 9.10. The lowest BCUT2D eigenvalue weighted by Crippen LogP contribution is -2.07. The third-order valence-corrected chi connectivity index (χ3v) is 2.89. The van der Waals surface area contributed by atoms with Crippen LogP contribution in [-0.4, -0.2) is 9.78 Å². The van der Waals surface area contributed by atoms with Gasteiger partial charge < -0.3 is 0 Å². The molecule has 0 aliphatic heterocycles. The second kappa shape index (κ2) is 4.30. The number of rotatable bonds is 1.